The zero-order valence-electron chi connectivity index (χ0n) is 18.5. The van der Waals surface area contributed by atoms with Crippen LogP contribution in [-0.4, -0.2) is 30.9 Å². The van der Waals surface area contributed by atoms with E-state index in [0.717, 1.165) is 0 Å². The van der Waals surface area contributed by atoms with Gasteiger partial charge in [0, 0.05) is 22.9 Å². The molecule has 0 amide bonds. The van der Waals surface area contributed by atoms with Gasteiger partial charge in [-0.1, -0.05) is 26.0 Å². The van der Waals surface area contributed by atoms with Crippen LogP contribution in [0.3, 0.4) is 0 Å². The van der Waals surface area contributed by atoms with Gasteiger partial charge in [-0.25, -0.2) is 9.18 Å². The van der Waals surface area contributed by atoms with E-state index in [9.17, 15) is 18.8 Å². The third-order valence-electron chi connectivity index (χ3n) is 6.03. The molecule has 0 fully saturated rings. The Kier molecular flexibility index (Phi) is 6.62. The Labute approximate surface area is 181 Å². The van der Waals surface area contributed by atoms with Crippen LogP contribution in [0, 0.1) is 17.7 Å². The average molecular weight is 429 g/mol. The number of dihydropyridines is 1. The molecule has 0 radical (unpaired) electrons. The molecule has 31 heavy (non-hydrogen) atoms. The van der Waals surface area contributed by atoms with Crippen molar-refractivity contribution in [1.82, 2.24) is 5.32 Å². The summed E-state index contributed by atoms with van der Waals surface area (Å²) in [5.41, 5.74) is 2.19. The van der Waals surface area contributed by atoms with Crippen LogP contribution in [0.25, 0.3) is 0 Å². The molecule has 6 nitrogen and oxygen atoms in total. The van der Waals surface area contributed by atoms with Gasteiger partial charge in [-0.15, -0.1) is 0 Å². The molecule has 1 heterocycles. The van der Waals surface area contributed by atoms with Crippen molar-refractivity contribution in [1.29, 1.82) is 0 Å². The highest BCUT2D eigenvalue weighted by atomic mass is 19.1. The number of hydrogen-bond acceptors (Lipinski definition) is 6. The van der Waals surface area contributed by atoms with Gasteiger partial charge in [0.15, 0.2) is 5.78 Å². The second-order valence-electron chi connectivity index (χ2n) is 8.21. The van der Waals surface area contributed by atoms with Gasteiger partial charge in [0.05, 0.1) is 18.8 Å². The number of allylic oxidation sites excluding steroid dienone is 3. The van der Waals surface area contributed by atoms with Crippen molar-refractivity contribution < 1.29 is 28.2 Å². The summed E-state index contributed by atoms with van der Waals surface area (Å²) in [5.74, 6) is -4.17. The Balaban J connectivity index is 2.17. The van der Waals surface area contributed by atoms with E-state index in [1.807, 2.05) is 13.8 Å². The smallest absolute Gasteiger partial charge is 0.337 e. The fourth-order valence-corrected chi connectivity index (χ4v) is 4.30. The maximum absolute atomic E-state index is 14.1. The first-order valence-corrected chi connectivity index (χ1v) is 10.5. The van der Waals surface area contributed by atoms with Crippen molar-refractivity contribution in [2.24, 2.45) is 11.8 Å². The highest BCUT2D eigenvalue weighted by Crippen LogP contribution is 2.45. The second-order valence-corrected chi connectivity index (χ2v) is 8.21. The van der Waals surface area contributed by atoms with Crippen molar-refractivity contribution in [3.63, 3.8) is 0 Å². The molecule has 0 spiro atoms. The van der Waals surface area contributed by atoms with Gasteiger partial charge in [-0.2, -0.15) is 0 Å². The average Bonchev–Trinajstić information content (AvgIpc) is 2.72. The Morgan fingerprint density at radius 3 is 2.65 bits per heavy atom. The summed E-state index contributed by atoms with van der Waals surface area (Å²) in [5, 5.41) is 3.18. The molecule has 2 aliphatic rings. The number of halogens is 1. The summed E-state index contributed by atoms with van der Waals surface area (Å²) < 4.78 is 24.6. The monoisotopic (exact) mass is 429 g/mol. The first kappa shape index (κ1) is 22.7. The fourth-order valence-electron chi connectivity index (χ4n) is 4.30. The number of ether oxygens (including phenoxy) is 2. The third kappa shape index (κ3) is 4.27. The van der Waals surface area contributed by atoms with E-state index in [1.54, 1.807) is 19.9 Å². The van der Waals surface area contributed by atoms with Gasteiger partial charge in [0.2, 0.25) is 0 Å². The molecule has 0 aromatic heterocycles. The lowest BCUT2D eigenvalue weighted by Gasteiger charge is -2.38. The highest BCUT2D eigenvalue weighted by Gasteiger charge is 2.47. The summed E-state index contributed by atoms with van der Waals surface area (Å²) in [4.78, 5) is 39.0. The van der Waals surface area contributed by atoms with Crippen LogP contribution in [0.5, 0.6) is 0 Å². The molecule has 0 unspecified atom stereocenters. The van der Waals surface area contributed by atoms with E-state index in [-0.39, 0.29) is 17.6 Å². The normalized spacial score (nSPS) is 24.3. The minimum Gasteiger partial charge on any atom is -0.468 e. The minimum absolute atomic E-state index is 0.246. The second kappa shape index (κ2) is 9.04. The SMILES string of the molecule is CC[C@H](C)OC(=O)C1=C(C)NC2=C(C(=O)[C@H](C(=O)OC)[C@H](C)C2)[C@@H]1c1cccc(F)c1. The molecule has 1 aliphatic carbocycles. The number of nitrogens with one attached hydrogen (secondary N) is 1. The molecule has 166 valence electrons. The number of Topliss-reactive ketones (excluding diaryl/α,β-unsaturated/α-hetero) is 1. The Hall–Kier alpha value is -2.96. The van der Waals surface area contributed by atoms with E-state index in [4.69, 9.17) is 9.47 Å². The maximum Gasteiger partial charge on any atom is 0.337 e. The van der Waals surface area contributed by atoms with E-state index < -0.39 is 35.4 Å². The first-order valence-electron chi connectivity index (χ1n) is 10.5. The molecule has 0 saturated heterocycles. The van der Waals surface area contributed by atoms with Crippen molar-refractivity contribution in [3.8, 4) is 0 Å². The molecule has 1 aromatic carbocycles. The first-order chi connectivity index (χ1) is 14.7. The quantitative estimate of drug-likeness (QED) is 0.567. The van der Waals surface area contributed by atoms with Crippen LogP contribution in [0.4, 0.5) is 4.39 Å². The number of hydrogen-bond donors (Lipinski definition) is 1. The number of ketones is 1. The van der Waals surface area contributed by atoms with Crippen molar-refractivity contribution >= 4 is 17.7 Å². The fraction of sp³-hybridized carbons (Fsp3) is 0.458. The topological polar surface area (TPSA) is 81.7 Å². The zero-order chi connectivity index (χ0) is 22.9. The molecule has 4 atom stereocenters. The lowest BCUT2D eigenvalue weighted by Crippen LogP contribution is -2.43. The standard InChI is InChI=1S/C24H28FNO5/c1-6-13(3)31-24(29)19-14(4)26-17-10-12(2)18(23(28)30-5)22(27)21(17)20(19)15-8-7-9-16(25)11-15/h7-9,11-13,18,20,26H,6,10H2,1-5H3/t12-,13+,18-,20-/m1/s1. The number of esters is 2. The molecule has 3 rings (SSSR count). The third-order valence-corrected chi connectivity index (χ3v) is 6.03. The summed E-state index contributed by atoms with van der Waals surface area (Å²) in [7, 11) is 1.24. The van der Waals surface area contributed by atoms with Crippen LogP contribution in [0.15, 0.2) is 46.8 Å². The molecule has 1 aromatic rings. The van der Waals surface area contributed by atoms with Gasteiger partial charge in [0.25, 0.3) is 0 Å². The predicted molar refractivity (Wildman–Crippen MR) is 112 cm³/mol. The van der Waals surface area contributed by atoms with Gasteiger partial charge in [0.1, 0.15) is 11.7 Å². The van der Waals surface area contributed by atoms with E-state index >= 15 is 0 Å². The van der Waals surface area contributed by atoms with Crippen LogP contribution < -0.4 is 5.32 Å². The van der Waals surface area contributed by atoms with Gasteiger partial charge in [-0.05, 0) is 50.3 Å². The number of benzene rings is 1. The van der Waals surface area contributed by atoms with Crippen LogP contribution >= 0.6 is 0 Å². The van der Waals surface area contributed by atoms with Crippen molar-refractivity contribution in [3.05, 3.63) is 58.2 Å². The molecule has 1 N–H and O–H groups in total. The number of carbonyl (C=O) groups excluding carboxylic acids is 3. The van der Waals surface area contributed by atoms with Gasteiger partial charge in [-0.3, -0.25) is 9.59 Å². The number of carbonyl (C=O) groups is 3. The molecule has 0 bridgehead atoms. The Morgan fingerprint density at radius 2 is 2.03 bits per heavy atom. The van der Waals surface area contributed by atoms with E-state index in [1.165, 1.54) is 25.3 Å². The van der Waals surface area contributed by atoms with Crippen molar-refractivity contribution in [2.75, 3.05) is 7.11 Å². The summed E-state index contributed by atoms with van der Waals surface area (Å²) in [6, 6.07) is 5.82. The number of rotatable bonds is 5. The molecule has 1 aliphatic heterocycles. The van der Waals surface area contributed by atoms with Crippen LogP contribution in [0.1, 0.15) is 52.0 Å². The molecule has 7 heteroatoms. The van der Waals surface area contributed by atoms with Gasteiger partial charge >= 0.3 is 11.9 Å². The zero-order valence-corrected chi connectivity index (χ0v) is 18.5. The van der Waals surface area contributed by atoms with Crippen LogP contribution in [-0.2, 0) is 23.9 Å². The van der Waals surface area contributed by atoms with Crippen LogP contribution in [0.2, 0.25) is 0 Å². The minimum atomic E-state index is -0.980. The Morgan fingerprint density at radius 1 is 1.32 bits per heavy atom. The summed E-state index contributed by atoms with van der Waals surface area (Å²) >= 11 is 0. The highest BCUT2D eigenvalue weighted by molar-refractivity contribution is 6.12. The lowest BCUT2D eigenvalue weighted by atomic mass is 9.69. The van der Waals surface area contributed by atoms with Gasteiger partial charge < -0.3 is 14.8 Å². The van der Waals surface area contributed by atoms with E-state index in [0.29, 0.717) is 35.4 Å². The molecular formula is C24H28FNO5. The van der Waals surface area contributed by atoms with E-state index in [2.05, 4.69) is 5.32 Å². The number of methoxy groups -OCH3 is 1. The molecular weight excluding hydrogens is 401 g/mol. The van der Waals surface area contributed by atoms with Crippen molar-refractivity contribution in [2.45, 2.75) is 52.6 Å². The maximum atomic E-state index is 14.1. The summed E-state index contributed by atoms with van der Waals surface area (Å²) in [6.45, 7) is 7.24. The predicted octanol–water partition coefficient (Wildman–Crippen LogP) is 3.78. The lowest BCUT2D eigenvalue weighted by molar-refractivity contribution is -0.151. The Bertz CT molecular complexity index is 980. The summed E-state index contributed by atoms with van der Waals surface area (Å²) in [6.07, 6.45) is 0.740. The largest absolute Gasteiger partial charge is 0.468 e. The molecule has 0 saturated carbocycles.